The Labute approximate surface area is 90.1 Å². The second kappa shape index (κ2) is 3.67. The third-order valence-corrected chi connectivity index (χ3v) is 2.97. The number of hydrogen-bond donors (Lipinski definition) is 5. The number of nitrogens with zero attached hydrogens (tertiary/aromatic N) is 1. The van der Waals surface area contributed by atoms with Crippen molar-refractivity contribution in [3.63, 3.8) is 0 Å². The Morgan fingerprint density at radius 2 is 1.75 bits per heavy atom. The van der Waals surface area contributed by atoms with E-state index in [-0.39, 0.29) is 0 Å². The van der Waals surface area contributed by atoms with Crippen molar-refractivity contribution in [2.45, 2.75) is 30.5 Å². The highest BCUT2D eigenvalue weighted by Gasteiger charge is 2.54. The zero-order chi connectivity index (χ0) is 12.0. The molecule has 8 nitrogen and oxygen atoms in total. The van der Waals surface area contributed by atoms with E-state index in [4.69, 9.17) is 5.11 Å². The zero-order valence-electron chi connectivity index (χ0n) is 8.15. The van der Waals surface area contributed by atoms with Crippen LogP contribution in [0.1, 0.15) is 0 Å². The molecule has 16 heavy (non-hydrogen) atoms. The fourth-order valence-corrected chi connectivity index (χ4v) is 2.09. The molecule has 0 bridgehead atoms. The topological polar surface area (TPSA) is 130 Å². The van der Waals surface area contributed by atoms with Gasteiger partial charge in [-0.25, -0.2) is 0 Å². The van der Waals surface area contributed by atoms with Crippen LogP contribution in [0.5, 0.6) is 0 Å². The van der Waals surface area contributed by atoms with Gasteiger partial charge in [-0.3, -0.25) is 9.59 Å². The monoisotopic (exact) mass is 232 g/mol. The van der Waals surface area contributed by atoms with E-state index in [1.165, 1.54) is 0 Å². The molecule has 8 heteroatoms. The molecule has 5 atom stereocenters. The van der Waals surface area contributed by atoms with Crippen molar-refractivity contribution in [3.8, 4) is 0 Å². The van der Waals surface area contributed by atoms with Crippen LogP contribution >= 0.6 is 0 Å². The van der Waals surface area contributed by atoms with Crippen LogP contribution in [0.2, 0.25) is 0 Å². The van der Waals surface area contributed by atoms with Crippen LogP contribution in [-0.2, 0) is 9.59 Å². The SMILES string of the molecule is O=C1N[C@@H]2C(O)C(O)C(O)C(CO)N2C1=O. The van der Waals surface area contributed by atoms with Crippen LogP contribution < -0.4 is 5.32 Å². The van der Waals surface area contributed by atoms with Gasteiger partial charge >= 0.3 is 11.8 Å². The maximum Gasteiger partial charge on any atom is 0.314 e. The summed E-state index contributed by atoms with van der Waals surface area (Å²) >= 11 is 0. The summed E-state index contributed by atoms with van der Waals surface area (Å²) in [5.74, 6) is -1.86. The lowest BCUT2D eigenvalue weighted by Crippen LogP contribution is -2.68. The Kier molecular flexibility index (Phi) is 2.58. The molecule has 0 aliphatic carbocycles. The number of carbonyl (C=O) groups excluding carboxylic acids is 2. The average molecular weight is 232 g/mol. The standard InChI is InChI=1S/C8H12N2O6/c11-1-2-3(12)4(13)5(14)6-9-7(15)8(16)10(2)6/h2-6,11-14H,1H2,(H,9,15)/t2?,3?,4?,5?,6-/m0/s1. The van der Waals surface area contributed by atoms with E-state index < -0.39 is 48.9 Å². The van der Waals surface area contributed by atoms with Crippen molar-refractivity contribution in [3.05, 3.63) is 0 Å². The number of carbonyl (C=O) groups is 2. The first-order valence-corrected chi connectivity index (χ1v) is 4.77. The van der Waals surface area contributed by atoms with E-state index in [0.717, 1.165) is 4.90 Å². The van der Waals surface area contributed by atoms with Crippen LogP contribution in [0.4, 0.5) is 0 Å². The number of amides is 2. The Balaban J connectivity index is 2.35. The van der Waals surface area contributed by atoms with Crippen molar-refractivity contribution in [2.75, 3.05) is 6.61 Å². The van der Waals surface area contributed by atoms with Gasteiger partial charge in [0.05, 0.1) is 12.6 Å². The smallest absolute Gasteiger partial charge is 0.314 e. The van der Waals surface area contributed by atoms with Crippen molar-refractivity contribution >= 4 is 11.8 Å². The number of rotatable bonds is 1. The summed E-state index contributed by atoms with van der Waals surface area (Å²) in [6, 6.07) is -1.10. The van der Waals surface area contributed by atoms with Crippen molar-refractivity contribution in [2.24, 2.45) is 0 Å². The van der Waals surface area contributed by atoms with Gasteiger partial charge < -0.3 is 30.6 Å². The molecule has 0 aromatic rings. The van der Waals surface area contributed by atoms with Crippen LogP contribution in [-0.4, -0.2) is 74.3 Å². The predicted molar refractivity (Wildman–Crippen MR) is 47.7 cm³/mol. The third kappa shape index (κ3) is 1.31. The Bertz CT molecular complexity index is 334. The first kappa shape index (κ1) is 11.3. The summed E-state index contributed by atoms with van der Waals surface area (Å²) < 4.78 is 0. The Hall–Kier alpha value is -1.22. The molecule has 0 aromatic heterocycles. The van der Waals surface area contributed by atoms with E-state index in [1.54, 1.807) is 0 Å². The molecule has 0 aromatic carbocycles. The van der Waals surface area contributed by atoms with Crippen molar-refractivity contribution in [1.29, 1.82) is 0 Å². The fraction of sp³-hybridized carbons (Fsp3) is 0.750. The Morgan fingerprint density at radius 1 is 1.12 bits per heavy atom. The predicted octanol–water partition coefficient (Wildman–Crippen LogP) is -4.27. The molecule has 5 N–H and O–H groups in total. The largest absolute Gasteiger partial charge is 0.394 e. The van der Waals surface area contributed by atoms with Gasteiger partial charge in [-0.1, -0.05) is 0 Å². The number of hydrogen-bond acceptors (Lipinski definition) is 6. The van der Waals surface area contributed by atoms with Gasteiger partial charge in [0.1, 0.15) is 24.5 Å². The number of nitrogens with one attached hydrogen (secondary N) is 1. The summed E-state index contributed by atoms with van der Waals surface area (Å²) in [6.45, 7) is -0.609. The second-order valence-corrected chi connectivity index (χ2v) is 3.85. The molecule has 4 unspecified atom stereocenters. The summed E-state index contributed by atoms with van der Waals surface area (Å²) in [5.41, 5.74) is 0. The van der Waals surface area contributed by atoms with Gasteiger partial charge in [-0.05, 0) is 0 Å². The molecule has 2 amide bonds. The molecule has 2 heterocycles. The number of fused-ring (bicyclic) bond motifs is 1. The van der Waals surface area contributed by atoms with Gasteiger partial charge in [-0.2, -0.15) is 0 Å². The van der Waals surface area contributed by atoms with E-state index in [1.807, 2.05) is 0 Å². The van der Waals surface area contributed by atoms with E-state index in [2.05, 4.69) is 5.32 Å². The Morgan fingerprint density at radius 3 is 2.31 bits per heavy atom. The molecular formula is C8H12N2O6. The molecule has 0 radical (unpaired) electrons. The van der Waals surface area contributed by atoms with Gasteiger partial charge in [0, 0.05) is 0 Å². The first-order chi connectivity index (χ1) is 7.49. The fourth-order valence-electron chi connectivity index (χ4n) is 2.09. The van der Waals surface area contributed by atoms with Gasteiger partial charge in [0.25, 0.3) is 0 Å². The molecule has 2 fully saturated rings. The summed E-state index contributed by atoms with van der Waals surface area (Å²) in [6.07, 6.45) is -5.60. The first-order valence-electron chi connectivity index (χ1n) is 4.77. The number of piperidine rings is 1. The van der Waals surface area contributed by atoms with Crippen molar-refractivity contribution in [1.82, 2.24) is 10.2 Å². The highest BCUT2D eigenvalue weighted by atomic mass is 16.4. The minimum atomic E-state index is -1.52. The minimum absolute atomic E-state index is 0.609. The molecule has 2 aliphatic rings. The normalized spacial score (nSPS) is 43.2. The summed E-state index contributed by atoms with van der Waals surface area (Å²) in [7, 11) is 0. The van der Waals surface area contributed by atoms with E-state index in [0.29, 0.717) is 0 Å². The molecule has 90 valence electrons. The lowest BCUT2D eigenvalue weighted by atomic mass is 9.92. The van der Waals surface area contributed by atoms with Gasteiger partial charge in [0.15, 0.2) is 0 Å². The molecular weight excluding hydrogens is 220 g/mol. The van der Waals surface area contributed by atoms with E-state index in [9.17, 15) is 24.9 Å². The molecule has 2 aliphatic heterocycles. The van der Waals surface area contributed by atoms with Crippen LogP contribution in [0.25, 0.3) is 0 Å². The number of aliphatic hydroxyl groups is 4. The van der Waals surface area contributed by atoms with Gasteiger partial charge in [-0.15, -0.1) is 0 Å². The molecule has 2 saturated heterocycles. The average Bonchev–Trinajstić information content (AvgIpc) is 2.55. The van der Waals surface area contributed by atoms with Crippen molar-refractivity contribution < 1.29 is 30.0 Å². The van der Waals surface area contributed by atoms with E-state index >= 15 is 0 Å². The third-order valence-electron chi connectivity index (χ3n) is 2.97. The molecule has 2 rings (SSSR count). The van der Waals surface area contributed by atoms with Gasteiger partial charge in [0.2, 0.25) is 0 Å². The van der Waals surface area contributed by atoms with Crippen LogP contribution in [0, 0.1) is 0 Å². The second-order valence-electron chi connectivity index (χ2n) is 3.85. The quantitative estimate of drug-likeness (QED) is 0.291. The lowest BCUT2D eigenvalue weighted by Gasteiger charge is -2.44. The maximum absolute atomic E-state index is 11.4. The highest BCUT2D eigenvalue weighted by Crippen LogP contribution is 2.26. The number of aliphatic hydroxyl groups excluding tert-OH is 4. The van der Waals surface area contributed by atoms with Crippen LogP contribution in [0.3, 0.4) is 0 Å². The summed E-state index contributed by atoms with van der Waals surface area (Å²) in [4.78, 5) is 23.4. The maximum atomic E-state index is 11.4. The minimum Gasteiger partial charge on any atom is -0.394 e. The molecule has 0 spiro atoms. The highest BCUT2D eigenvalue weighted by molar-refractivity contribution is 6.37. The zero-order valence-corrected chi connectivity index (χ0v) is 8.15. The molecule has 0 saturated carbocycles. The lowest BCUT2D eigenvalue weighted by molar-refractivity contribution is -0.175. The van der Waals surface area contributed by atoms with Crippen LogP contribution in [0.15, 0.2) is 0 Å². The summed E-state index contributed by atoms with van der Waals surface area (Å²) in [5, 5.41) is 39.8.